The first kappa shape index (κ1) is 16.7. The van der Waals surface area contributed by atoms with Gasteiger partial charge in [0.2, 0.25) is 0 Å². The summed E-state index contributed by atoms with van der Waals surface area (Å²) in [6.07, 6.45) is -2.89. The Hall–Kier alpha value is -1.18. The van der Waals surface area contributed by atoms with Crippen LogP contribution in [0.1, 0.15) is 0 Å². The molecule has 0 N–H and O–H groups in total. The van der Waals surface area contributed by atoms with Crippen LogP contribution in [0.15, 0.2) is 83.8 Å². The van der Waals surface area contributed by atoms with Crippen LogP contribution in [0.25, 0.3) is 0 Å². The number of hydrogen-bond donors (Lipinski definition) is 0. The lowest BCUT2D eigenvalue weighted by molar-refractivity contribution is 0.595. The molecule has 0 atom stereocenters. The van der Waals surface area contributed by atoms with Crippen LogP contribution in [0.3, 0.4) is 0 Å². The molecule has 0 bridgehead atoms. The van der Waals surface area contributed by atoms with Crippen molar-refractivity contribution < 1.29 is 4.57 Å². The number of halogens is 2. The molecule has 3 aromatic carbocycles. The van der Waals surface area contributed by atoms with Crippen molar-refractivity contribution in [3.63, 3.8) is 0 Å². The average molecular weight is 379 g/mol. The van der Waals surface area contributed by atoms with Gasteiger partial charge >= 0.3 is 0 Å². The van der Waals surface area contributed by atoms with E-state index >= 15 is 0 Å². The van der Waals surface area contributed by atoms with Crippen molar-refractivity contribution >= 4 is 51.5 Å². The highest BCUT2D eigenvalue weighted by molar-refractivity contribution is 8.62. The van der Waals surface area contributed by atoms with Crippen LogP contribution in [0.2, 0.25) is 10.0 Å². The fourth-order valence-corrected chi connectivity index (χ4v) is 7.75. The van der Waals surface area contributed by atoms with Crippen molar-refractivity contribution in [2.24, 2.45) is 0 Å². The molecule has 0 radical (unpaired) electrons. The van der Waals surface area contributed by atoms with Crippen molar-refractivity contribution in [3.8, 4) is 0 Å². The van der Waals surface area contributed by atoms with Gasteiger partial charge in [-0.1, -0.05) is 95.2 Å². The van der Waals surface area contributed by atoms with Gasteiger partial charge in [0, 0.05) is 25.5 Å². The van der Waals surface area contributed by atoms with Gasteiger partial charge in [-0.2, -0.15) is 0 Å². The number of hydrogen-bond acceptors (Lipinski definition) is 2. The quantitative estimate of drug-likeness (QED) is 0.516. The zero-order valence-electron chi connectivity index (χ0n) is 12.0. The second-order valence-corrected chi connectivity index (χ2v) is 10.7. The molecule has 0 aliphatic heterocycles. The van der Waals surface area contributed by atoms with E-state index in [0.717, 1.165) is 15.5 Å². The van der Waals surface area contributed by atoms with Gasteiger partial charge in [-0.05, 0) is 18.2 Å². The van der Waals surface area contributed by atoms with Gasteiger partial charge in [0.05, 0.1) is 0 Å². The molecule has 0 saturated carbocycles. The molecule has 0 aliphatic carbocycles. The second kappa shape index (κ2) is 7.15. The molecule has 0 heterocycles. The van der Waals surface area contributed by atoms with Crippen LogP contribution in [-0.4, -0.2) is 0 Å². The van der Waals surface area contributed by atoms with Gasteiger partial charge in [0.15, 0.2) is 6.34 Å². The van der Waals surface area contributed by atoms with Crippen molar-refractivity contribution in [3.05, 3.63) is 88.9 Å². The predicted molar refractivity (Wildman–Crippen MR) is 102 cm³/mol. The Morgan fingerprint density at radius 1 is 0.696 bits per heavy atom. The van der Waals surface area contributed by atoms with Crippen LogP contribution < -0.4 is 10.6 Å². The van der Waals surface area contributed by atoms with Gasteiger partial charge in [0.1, 0.15) is 0 Å². The molecule has 0 amide bonds. The Labute approximate surface area is 149 Å². The summed E-state index contributed by atoms with van der Waals surface area (Å²) in [7, 11) is 0. The Morgan fingerprint density at radius 2 is 1.13 bits per heavy atom. The van der Waals surface area contributed by atoms with Gasteiger partial charge in [-0.3, -0.25) is 0 Å². The van der Waals surface area contributed by atoms with Crippen LogP contribution in [0, 0.1) is 0 Å². The summed E-state index contributed by atoms with van der Waals surface area (Å²) in [6.45, 7) is 0. The van der Waals surface area contributed by atoms with Crippen molar-refractivity contribution in [2.45, 2.75) is 4.90 Å². The molecule has 3 aromatic rings. The maximum Gasteiger partial charge on any atom is 0.199 e. The third-order valence-electron chi connectivity index (χ3n) is 3.26. The summed E-state index contributed by atoms with van der Waals surface area (Å²) >= 11 is 13.5. The first-order valence-corrected chi connectivity index (χ1v) is 10.8. The normalized spacial score (nSPS) is 11.4. The van der Waals surface area contributed by atoms with E-state index in [-0.39, 0.29) is 0 Å². The first-order valence-electron chi connectivity index (χ1n) is 6.95. The molecule has 0 unspecified atom stereocenters. The molecule has 3 rings (SSSR count). The van der Waals surface area contributed by atoms with Crippen molar-refractivity contribution in [1.82, 2.24) is 0 Å². The Balaban J connectivity index is 2.11. The lowest BCUT2D eigenvalue weighted by Crippen LogP contribution is -2.13. The van der Waals surface area contributed by atoms with E-state index in [0.29, 0.717) is 10.0 Å². The minimum atomic E-state index is -2.89. The van der Waals surface area contributed by atoms with Gasteiger partial charge < -0.3 is 4.57 Å². The summed E-state index contributed by atoms with van der Waals surface area (Å²) in [5.41, 5.74) is 0. The van der Waals surface area contributed by atoms with Gasteiger partial charge in [0.25, 0.3) is 0 Å². The predicted octanol–water partition coefficient (Wildman–Crippen LogP) is 6.01. The van der Waals surface area contributed by atoms with E-state index in [4.69, 9.17) is 23.2 Å². The maximum absolute atomic E-state index is 13.9. The van der Waals surface area contributed by atoms with E-state index in [9.17, 15) is 4.57 Å². The molecular weight excluding hydrogens is 366 g/mol. The lowest BCUT2D eigenvalue weighted by atomic mass is 10.4. The van der Waals surface area contributed by atoms with Crippen LogP contribution >= 0.6 is 40.9 Å². The molecule has 0 fully saturated rings. The van der Waals surface area contributed by atoms with E-state index in [1.807, 2.05) is 60.7 Å². The van der Waals surface area contributed by atoms with Crippen LogP contribution in [0.4, 0.5) is 0 Å². The first-order chi connectivity index (χ1) is 11.1. The Morgan fingerprint density at radius 3 is 1.57 bits per heavy atom. The van der Waals surface area contributed by atoms with Crippen LogP contribution in [0.5, 0.6) is 0 Å². The number of benzene rings is 3. The van der Waals surface area contributed by atoms with Crippen molar-refractivity contribution in [1.29, 1.82) is 0 Å². The molecule has 0 saturated heterocycles. The summed E-state index contributed by atoms with van der Waals surface area (Å²) in [5.74, 6) is 0. The SMILES string of the molecule is O=P(Sc1cc(Cl)cc(Cl)c1)(c1ccccc1)c1ccccc1. The van der Waals surface area contributed by atoms with Crippen LogP contribution in [-0.2, 0) is 4.57 Å². The van der Waals surface area contributed by atoms with Crippen molar-refractivity contribution in [2.75, 3.05) is 0 Å². The van der Waals surface area contributed by atoms with Gasteiger partial charge in [-0.15, -0.1) is 0 Å². The third-order valence-corrected chi connectivity index (χ3v) is 9.03. The average Bonchev–Trinajstić information content (AvgIpc) is 2.55. The summed E-state index contributed by atoms with van der Waals surface area (Å²) in [5, 5.41) is 2.67. The van der Waals surface area contributed by atoms with E-state index in [2.05, 4.69) is 0 Å². The summed E-state index contributed by atoms with van der Waals surface area (Å²) in [6, 6.07) is 24.3. The topological polar surface area (TPSA) is 17.1 Å². The fraction of sp³-hybridized carbons (Fsp3) is 0. The highest BCUT2D eigenvalue weighted by Crippen LogP contribution is 2.60. The fourth-order valence-electron chi connectivity index (χ4n) is 2.23. The highest BCUT2D eigenvalue weighted by Gasteiger charge is 2.28. The van der Waals surface area contributed by atoms with E-state index in [1.165, 1.54) is 11.4 Å². The van der Waals surface area contributed by atoms with Gasteiger partial charge in [-0.25, -0.2) is 0 Å². The molecule has 0 aromatic heterocycles. The lowest BCUT2D eigenvalue weighted by Gasteiger charge is -2.18. The summed E-state index contributed by atoms with van der Waals surface area (Å²) in [4.78, 5) is 0.790. The minimum Gasteiger partial charge on any atom is -0.302 e. The zero-order valence-corrected chi connectivity index (χ0v) is 15.2. The summed E-state index contributed by atoms with van der Waals surface area (Å²) < 4.78 is 13.9. The third kappa shape index (κ3) is 3.84. The highest BCUT2D eigenvalue weighted by atomic mass is 35.5. The largest absolute Gasteiger partial charge is 0.302 e. The monoisotopic (exact) mass is 378 g/mol. The smallest absolute Gasteiger partial charge is 0.199 e. The molecular formula is C18H13Cl2OPS. The molecule has 1 nitrogen and oxygen atoms in total. The number of rotatable bonds is 4. The Kier molecular flexibility index (Phi) is 5.18. The molecule has 116 valence electrons. The molecule has 0 spiro atoms. The minimum absolute atomic E-state index is 0.535. The molecule has 0 aliphatic rings. The second-order valence-electron chi connectivity index (χ2n) is 4.92. The maximum atomic E-state index is 13.9. The van der Waals surface area contributed by atoms with E-state index < -0.39 is 6.34 Å². The standard InChI is InChI=1S/C18H13Cl2OPS/c19-14-11-15(20)13-18(12-14)23-22(21,16-7-3-1-4-8-16)17-9-5-2-6-10-17/h1-13H. The molecule has 23 heavy (non-hydrogen) atoms. The molecule has 5 heteroatoms. The van der Waals surface area contributed by atoms with E-state index in [1.54, 1.807) is 18.2 Å². The zero-order chi connectivity index (χ0) is 16.3. The Bertz CT molecular complexity index is 790.